The van der Waals surface area contributed by atoms with Crippen LogP contribution in [0.3, 0.4) is 0 Å². The Balaban J connectivity index is 1.62. The molecule has 26 heavy (non-hydrogen) atoms. The first-order valence-electron chi connectivity index (χ1n) is 9.02. The van der Waals surface area contributed by atoms with Crippen LogP contribution in [0.15, 0.2) is 18.3 Å². The van der Waals surface area contributed by atoms with Gasteiger partial charge in [-0.3, -0.25) is 4.79 Å². The number of aromatic nitrogens is 2. The van der Waals surface area contributed by atoms with E-state index < -0.39 is 12.1 Å². The van der Waals surface area contributed by atoms with Gasteiger partial charge in [-0.1, -0.05) is 6.92 Å². The van der Waals surface area contributed by atoms with E-state index in [4.69, 9.17) is 4.74 Å². The van der Waals surface area contributed by atoms with E-state index in [1.54, 1.807) is 23.9 Å². The average molecular weight is 375 g/mol. The number of ether oxygens (including phenoxy) is 1. The van der Waals surface area contributed by atoms with Gasteiger partial charge in [-0.2, -0.15) is 5.10 Å². The molecule has 1 amide bonds. The van der Waals surface area contributed by atoms with Gasteiger partial charge in [0.2, 0.25) is 0 Å². The van der Waals surface area contributed by atoms with Crippen molar-refractivity contribution in [2.24, 2.45) is 5.92 Å². The van der Waals surface area contributed by atoms with Crippen LogP contribution in [0.5, 0.6) is 0 Å². The van der Waals surface area contributed by atoms with Crippen molar-refractivity contribution < 1.29 is 14.3 Å². The van der Waals surface area contributed by atoms with Crippen LogP contribution in [-0.2, 0) is 22.4 Å². The molecule has 3 rings (SSSR count). The van der Waals surface area contributed by atoms with Gasteiger partial charge in [0.1, 0.15) is 10.7 Å². The Morgan fingerprint density at radius 1 is 1.38 bits per heavy atom. The molecule has 6 nitrogen and oxygen atoms in total. The second-order valence-corrected chi connectivity index (χ2v) is 8.34. The Kier molecular flexibility index (Phi) is 5.46. The van der Waals surface area contributed by atoms with Crippen molar-refractivity contribution in [1.29, 1.82) is 0 Å². The SMILES string of the molecule is CC(C)n1nccc1NC(=O)[C@H](C)OC(=O)c1cc2c(s1)CC[C@H](C)C2. The maximum absolute atomic E-state index is 12.4. The van der Waals surface area contributed by atoms with Crippen LogP contribution in [0.4, 0.5) is 5.82 Å². The summed E-state index contributed by atoms with van der Waals surface area (Å²) in [6, 6.07) is 3.77. The zero-order valence-electron chi connectivity index (χ0n) is 15.6. The predicted molar refractivity (Wildman–Crippen MR) is 102 cm³/mol. The first kappa shape index (κ1) is 18.6. The normalized spacial score (nSPS) is 17.7. The standard InChI is InChI=1S/C19H25N3O3S/c1-11(2)22-17(7-8-20-22)21-18(23)13(4)25-19(24)16-10-14-9-12(3)5-6-15(14)26-16/h7-8,10-13H,5-6,9H2,1-4H3,(H,21,23)/t12-,13-/m0/s1. The van der Waals surface area contributed by atoms with E-state index in [-0.39, 0.29) is 11.9 Å². The third-order valence-corrected chi connectivity index (χ3v) is 5.81. The van der Waals surface area contributed by atoms with Crippen LogP contribution in [0.2, 0.25) is 0 Å². The first-order valence-corrected chi connectivity index (χ1v) is 9.83. The van der Waals surface area contributed by atoms with Crippen molar-refractivity contribution in [3.05, 3.63) is 33.6 Å². The number of anilines is 1. The molecule has 0 spiro atoms. The molecule has 2 atom stereocenters. The fourth-order valence-corrected chi connectivity index (χ4v) is 4.22. The van der Waals surface area contributed by atoms with Crippen LogP contribution in [0.25, 0.3) is 0 Å². The highest BCUT2D eigenvalue weighted by Crippen LogP contribution is 2.32. The predicted octanol–water partition coefficient (Wildman–Crippen LogP) is 3.83. The summed E-state index contributed by atoms with van der Waals surface area (Å²) in [6.45, 7) is 7.77. The molecule has 1 aliphatic rings. The Labute approximate surface area is 157 Å². The van der Waals surface area contributed by atoms with Crippen LogP contribution >= 0.6 is 11.3 Å². The van der Waals surface area contributed by atoms with Gasteiger partial charge >= 0.3 is 5.97 Å². The molecular formula is C19H25N3O3S. The molecule has 0 radical (unpaired) electrons. The molecule has 2 aromatic rings. The molecule has 1 aliphatic carbocycles. The van der Waals surface area contributed by atoms with Crippen LogP contribution < -0.4 is 5.32 Å². The molecule has 0 saturated heterocycles. The van der Waals surface area contributed by atoms with E-state index in [9.17, 15) is 9.59 Å². The number of hydrogen-bond donors (Lipinski definition) is 1. The summed E-state index contributed by atoms with van der Waals surface area (Å²) in [7, 11) is 0. The van der Waals surface area contributed by atoms with E-state index in [0.29, 0.717) is 16.6 Å². The number of carbonyl (C=O) groups excluding carboxylic acids is 2. The molecule has 0 fully saturated rings. The number of nitrogens with zero attached hydrogens (tertiary/aromatic N) is 2. The van der Waals surface area contributed by atoms with E-state index in [1.807, 2.05) is 19.9 Å². The fraction of sp³-hybridized carbons (Fsp3) is 0.526. The Hall–Kier alpha value is -2.15. The number of aryl methyl sites for hydroxylation is 1. The smallest absolute Gasteiger partial charge is 0.349 e. The zero-order valence-corrected chi connectivity index (χ0v) is 16.4. The van der Waals surface area contributed by atoms with Crippen molar-refractivity contribution in [3.8, 4) is 0 Å². The van der Waals surface area contributed by atoms with Crippen LogP contribution in [-0.4, -0.2) is 27.8 Å². The summed E-state index contributed by atoms with van der Waals surface area (Å²) in [6.07, 6.45) is 3.93. The van der Waals surface area contributed by atoms with Crippen LogP contribution in [0, 0.1) is 5.92 Å². The molecular weight excluding hydrogens is 350 g/mol. The van der Waals surface area contributed by atoms with Crippen molar-refractivity contribution in [2.75, 3.05) is 5.32 Å². The first-order chi connectivity index (χ1) is 12.3. The number of esters is 1. The number of thiophene rings is 1. The number of amides is 1. The fourth-order valence-electron chi connectivity index (χ4n) is 3.13. The van der Waals surface area contributed by atoms with E-state index in [2.05, 4.69) is 17.3 Å². The number of rotatable bonds is 5. The van der Waals surface area contributed by atoms with Gasteiger partial charge < -0.3 is 10.1 Å². The van der Waals surface area contributed by atoms with Gasteiger partial charge in [0.25, 0.3) is 5.91 Å². The average Bonchev–Trinajstić information content (AvgIpc) is 3.20. The lowest BCUT2D eigenvalue weighted by atomic mass is 9.90. The van der Waals surface area contributed by atoms with E-state index in [0.717, 1.165) is 19.3 Å². The highest BCUT2D eigenvalue weighted by Gasteiger charge is 2.24. The summed E-state index contributed by atoms with van der Waals surface area (Å²) in [5.74, 6) is 0.442. The maximum atomic E-state index is 12.4. The molecule has 0 unspecified atom stereocenters. The Morgan fingerprint density at radius 3 is 2.88 bits per heavy atom. The summed E-state index contributed by atoms with van der Waals surface area (Å²) in [5, 5.41) is 6.95. The number of hydrogen-bond acceptors (Lipinski definition) is 5. The van der Waals surface area contributed by atoms with Crippen molar-refractivity contribution in [2.45, 2.75) is 59.1 Å². The zero-order chi connectivity index (χ0) is 18.8. The van der Waals surface area contributed by atoms with Crippen molar-refractivity contribution >= 4 is 29.0 Å². The molecule has 1 N–H and O–H groups in total. The number of nitrogens with one attached hydrogen (secondary N) is 1. The molecule has 0 aliphatic heterocycles. The second-order valence-electron chi connectivity index (χ2n) is 7.20. The monoisotopic (exact) mass is 375 g/mol. The summed E-state index contributed by atoms with van der Waals surface area (Å²) in [4.78, 5) is 26.6. The minimum atomic E-state index is -0.879. The van der Waals surface area contributed by atoms with E-state index in [1.165, 1.54) is 21.8 Å². The lowest BCUT2D eigenvalue weighted by molar-refractivity contribution is -0.123. The second kappa shape index (κ2) is 7.61. The minimum absolute atomic E-state index is 0.123. The maximum Gasteiger partial charge on any atom is 0.349 e. The highest BCUT2D eigenvalue weighted by molar-refractivity contribution is 7.14. The third-order valence-electron chi connectivity index (χ3n) is 4.59. The lowest BCUT2D eigenvalue weighted by Crippen LogP contribution is -2.30. The van der Waals surface area contributed by atoms with Crippen LogP contribution in [0.1, 0.15) is 60.3 Å². The molecule has 2 aromatic heterocycles. The van der Waals surface area contributed by atoms with Gasteiger partial charge in [-0.15, -0.1) is 11.3 Å². The molecule has 0 saturated carbocycles. The van der Waals surface area contributed by atoms with Gasteiger partial charge in [0.15, 0.2) is 6.10 Å². The van der Waals surface area contributed by atoms with E-state index >= 15 is 0 Å². The summed E-state index contributed by atoms with van der Waals surface area (Å²) in [5.41, 5.74) is 1.25. The van der Waals surface area contributed by atoms with Gasteiger partial charge in [-0.25, -0.2) is 9.48 Å². The van der Waals surface area contributed by atoms with Gasteiger partial charge in [-0.05, 0) is 57.6 Å². The number of carbonyl (C=O) groups is 2. The summed E-state index contributed by atoms with van der Waals surface area (Å²) >= 11 is 1.49. The van der Waals surface area contributed by atoms with Gasteiger partial charge in [0.05, 0.1) is 6.20 Å². The quantitative estimate of drug-likeness (QED) is 0.806. The molecule has 0 bridgehead atoms. The number of fused-ring (bicyclic) bond motifs is 1. The summed E-state index contributed by atoms with van der Waals surface area (Å²) < 4.78 is 7.09. The molecule has 7 heteroatoms. The largest absolute Gasteiger partial charge is 0.448 e. The lowest BCUT2D eigenvalue weighted by Gasteiger charge is -2.16. The molecule has 0 aromatic carbocycles. The van der Waals surface area contributed by atoms with Crippen molar-refractivity contribution in [3.63, 3.8) is 0 Å². The minimum Gasteiger partial charge on any atom is -0.448 e. The highest BCUT2D eigenvalue weighted by atomic mass is 32.1. The Bertz CT molecular complexity index is 809. The topological polar surface area (TPSA) is 73.2 Å². The third kappa shape index (κ3) is 3.98. The molecule has 140 valence electrons. The van der Waals surface area contributed by atoms with Crippen molar-refractivity contribution in [1.82, 2.24) is 9.78 Å². The molecule has 2 heterocycles. The Morgan fingerprint density at radius 2 is 2.15 bits per heavy atom. The van der Waals surface area contributed by atoms with Gasteiger partial charge in [0, 0.05) is 17.0 Å².